The highest BCUT2D eigenvalue weighted by atomic mass is 16.5. The van der Waals surface area contributed by atoms with Gasteiger partial charge in [0.05, 0.1) is 13.0 Å². The number of fused-ring (bicyclic) bond motifs is 1. The van der Waals surface area contributed by atoms with Gasteiger partial charge in [-0.15, -0.1) is 0 Å². The van der Waals surface area contributed by atoms with E-state index in [4.69, 9.17) is 4.74 Å². The molecule has 0 atom stereocenters. The van der Waals surface area contributed by atoms with Gasteiger partial charge in [-0.2, -0.15) is 0 Å². The van der Waals surface area contributed by atoms with Crippen molar-refractivity contribution in [3.05, 3.63) is 35.0 Å². The van der Waals surface area contributed by atoms with Crippen molar-refractivity contribution >= 4 is 22.8 Å². The molecule has 1 heterocycles. The average molecular weight is 316 g/mol. The van der Waals surface area contributed by atoms with Crippen LogP contribution in [0.3, 0.4) is 0 Å². The Balaban J connectivity index is 2.35. The lowest BCUT2D eigenvalue weighted by molar-refractivity contribution is -0.142. The van der Waals surface area contributed by atoms with Crippen LogP contribution >= 0.6 is 0 Å². The Hall–Kier alpha value is -2.30. The molecular formula is C18H24N2O3. The van der Waals surface area contributed by atoms with Gasteiger partial charge in [-0.05, 0) is 31.4 Å². The second kappa shape index (κ2) is 7.31. The molecular weight excluding hydrogens is 292 g/mol. The van der Waals surface area contributed by atoms with Crippen LogP contribution < -0.4 is 0 Å². The minimum Gasteiger partial charge on any atom is -0.466 e. The second-order valence-electron chi connectivity index (χ2n) is 5.75. The second-order valence-corrected chi connectivity index (χ2v) is 5.75. The van der Waals surface area contributed by atoms with Crippen molar-refractivity contribution in [2.45, 2.75) is 33.6 Å². The minimum absolute atomic E-state index is 0.0352. The highest BCUT2D eigenvalue weighted by molar-refractivity contribution is 5.89. The number of nitrogens with zero attached hydrogens (tertiary/aromatic N) is 1. The number of amides is 1. The van der Waals surface area contributed by atoms with Crippen molar-refractivity contribution < 1.29 is 14.3 Å². The summed E-state index contributed by atoms with van der Waals surface area (Å²) in [5, 5.41) is 1.11. The van der Waals surface area contributed by atoms with E-state index in [1.54, 1.807) is 25.8 Å². The number of carbonyl (C=O) groups excluding carboxylic acids is 2. The van der Waals surface area contributed by atoms with Gasteiger partial charge in [0.1, 0.15) is 0 Å². The first-order chi connectivity index (χ1) is 10.9. The smallest absolute Gasteiger partial charge is 0.311 e. The van der Waals surface area contributed by atoms with E-state index in [9.17, 15) is 9.59 Å². The molecule has 0 unspecified atom stereocenters. The third-order valence-electron chi connectivity index (χ3n) is 4.10. The molecule has 124 valence electrons. The van der Waals surface area contributed by atoms with Crippen LogP contribution in [0, 0.1) is 6.92 Å². The molecule has 0 spiro atoms. The number of H-pyrrole nitrogens is 1. The molecule has 0 aliphatic carbocycles. The predicted molar refractivity (Wildman–Crippen MR) is 90.4 cm³/mol. The number of carbonyl (C=O) groups is 2. The lowest BCUT2D eigenvalue weighted by Gasteiger charge is -2.15. The molecule has 23 heavy (non-hydrogen) atoms. The van der Waals surface area contributed by atoms with Gasteiger partial charge >= 0.3 is 5.97 Å². The molecule has 1 aromatic carbocycles. The highest BCUT2D eigenvalue weighted by Crippen LogP contribution is 2.26. The molecule has 5 nitrogen and oxygen atoms in total. The van der Waals surface area contributed by atoms with Crippen LogP contribution in [0.5, 0.6) is 0 Å². The van der Waals surface area contributed by atoms with E-state index in [0.717, 1.165) is 27.7 Å². The summed E-state index contributed by atoms with van der Waals surface area (Å²) in [5.74, 6) is -0.203. The number of para-hydroxylation sites is 1. The fraction of sp³-hybridized carbons (Fsp3) is 0.444. The monoisotopic (exact) mass is 316 g/mol. The number of hydrogen-bond acceptors (Lipinski definition) is 3. The summed E-state index contributed by atoms with van der Waals surface area (Å²) in [5.41, 5.74) is 4.15. The van der Waals surface area contributed by atoms with Crippen molar-refractivity contribution in [1.29, 1.82) is 0 Å². The summed E-state index contributed by atoms with van der Waals surface area (Å²) in [6.07, 6.45) is 0.926. The molecule has 1 aromatic heterocycles. The van der Waals surface area contributed by atoms with E-state index in [2.05, 4.69) is 11.1 Å². The topological polar surface area (TPSA) is 62.4 Å². The maximum Gasteiger partial charge on any atom is 0.311 e. The number of nitrogens with one attached hydrogen (secondary N) is 1. The van der Waals surface area contributed by atoms with E-state index >= 15 is 0 Å². The Morgan fingerprint density at radius 2 is 2.04 bits per heavy atom. The standard InChI is InChI=1S/C18H24N2O3/c1-5-23-17(22)11-16-14(9-10-20(4)13(3)21)15-8-6-7-12(2)18(15)19-16/h6-8,19H,5,9-11H2,1-4H3. The molecule has 0 radical (unpaired) electrons. The average Bonchev–Trinajstić information content (AvgIpc) is 2.83. The van der Waals surface area contributed by atoms with Crippen molar-refractivity contribution in [3.63, 3.8) is 0 Å². The van der Waals surface area contributed by atoms with Gasteiger partial charge < -0.3 is 14.6 Å². The summed E-state index contributed by atoms with van der Waals surface area (Å²) >= 11 is 0. The Labute approximate surface area is 136 Å². The van der Waals surface area contributed by atoms with Crippen LogP contribution in [0.15, 0.2) is 18.2 Å². The summed E-state index contributed by atoms with van der Waals surface area (Å²) in [6, 6.07) is 6.10. The fourth-order valence-corrected chi connectivity index (χ4v) is 2.70. The van der Waals surface area contributed by atoms with Gasteiger partial charge in [0.15, 0.2) is 0 Å². The van der Waals surface area contributed by atoms with Crippen LogP contribution in [-0.2, 0) is 27.2 Å². The predicted octanol–water partition coefficient (Wildman–Crippen LogP) is 2.60. The van der Waals surface area contributed by atoms with Crippen LogP contribution in [0.4, 0.5) is 0 Å². The van der Waals surface area contributed by atoms with Crippen molar-refractivity contribution in [2.24, 2.45) is 0 Å². The van der Waals surface area contributed by atoms with Gasteiger partial charge in [0, 0.05) is 37.1 Å². The molecule has 0 saturated heterocycles. The third-order valence-corrected chi connectivity index (χ3v) is 4.10. The molecule has 0 aliphatic rings. The molecule has 1 N–H and O–H groups in total. The minimum atomic E-state index is -0.238. The molecule has 2 rings (SSSR count). The van der Waals surface area contributed by atoms with Crippen molar-refractivity contribution in [2.75, 3.05) is 20.2 Å². The number of aromatic amines is 1. The number of ether oxygens (including phenoxy) is 1. The Kier molecular flexibility index (Phi) is 5.42. The summed E-state index contributed by atoms with van der Waals surface area (Å²) < 4.78 is 5.07. The molecule has 5 heteroatoms. The van der Waals surface area contributed by atoms with Crippen molar-refractivity contribution in [1.82, 2.24) is 9.88 Å². The van der Waals surface area contributed by atoms with E-state index in [1.807, 2.05) is 19.1 Å². The first-order valence-electron chi connectivity index (χ1n) is 7.90. The molecule has 1 amide bonds. The number of aromatic nitrogens is 1. The molecule has 0 bridgehead atoms. The summed E-state index contributed by atoms with van der Waals surface area (Å²) in [6.45, 7) is 6.39. The van der Waals surface area contributed by atoms with Crippen LogP contribution in [0.1, 0.15) is 30.7 Å². The number of rotatable bonds is 6. The maximum absolute atomic E-state index is 11.9. The van der Waals surface area contributed by atoms with E-state index in [1.165, 1.54) is 0 Å². The first-order valence-corrected chi connectivity index (χ1v) is 7.90. The van der Waals surface area contributed by atoms with E-state index in [0.29, 0.717) is 19.6 Å². The van der Waals surface area contributed by atoms with Crippen molar-refractivity contribution in [3.8, 4) is 0 Å². The Bertz CT molecular complexity index is 718. The number of esters is 1. The number of benzene rings is 1. The van der Waals surface area contributed by atoms with Crippen LogP contribution in [0.2, 0.25) is 0 Å². The van der Waals surface area contributed by atoms with Crippen LogP contribution in [0.25, 0.3) is 10.9 Å². The lowest BCUT2D eigenvalue weighted by atomic mass is 10.0. The van der Waals surface area contributed by atoms with Gasteiger partial charge in [-0.25, -0.2) is 0 Å². The number of aryl methyl sites for hydroxylation is 1. The first kappa shape index (κ1) is 17.1. The van der Waals surface area contributed by atoms with Gasteiger partial charge in [0.2, 0.25) is 5.91 Å². The summed E-state index contributed by atoms with van der Waals surface area (Å²) in [7, 11) is 1.79. The van der Waals surface area contributed by atoms with Gasteiger partial charge in [-0.3, -0.25) is 9.59 Å². The molecule has 0 fully saturated rings. The zero-order chi connectivity index (χ0) is 17.0. The zero-order valence-corrected chi connectivity index (χ0v) is 14.2. The lowest BCUT2D eigenvalue weighted by Crippen LogP contribution is -2.26. The van der Waals surface area contributed by atoms with Crippen LogP contribution in [-0.4, -0.2) is 42.0 Å². The van der Waals surface area contributed by atoms with Gasteiger partial charge in [0.25, 0.3) is 0 Å². The van der Waals surface area contributed by atoms with Gasteiger partial charge in [-0.1, -0.05) is 18.2 Å². The quantitative estimate of drug-likeness (QED) is 0.833. The zero-order valence-electron chi connectivity index (χ0n) is 14.2. The largest absolute Gasteiger partial charge is 0.466 e. The SMILES string of the molecule is CCOC(=O)Cc1[nH]c2c(C)cccc2c1CCN(C)C(C)=O. The Morgan fingerprint density at radius 1 is 1.30 bits per heavy atom. The Morgan fingerprint density at radius 3 is 2.70 bits per heavy atom. The number of hydrogen-bond donors (Lipinski definition) is 1. The van der Waals surface area contributed by atoms with E-state index in [-0.39, 0.29) is 18.3 Å². The molecule has 0 aliphatic heterocycles. The fourth-order valence-electron chi connectivity index (χ4n) is 2.70. The molecule has 0 saturated carbocycles. The highest BCUT2D eigenvalue weighted by Gasteiger charge is 2.16. The molecule has 2 aromatic rings. The third kappa shape index (κ3) is 3.92. The van der Waals surface area contributed by atoms with E-state index < -0.39 is 0 Å². The number of likely N-dealkylation sites (N-methyl/N-ethyl adjacent to an activating group) is 1. The maximum atomic E-state index is 11.9. The normalized spacial score (nSPS) is 10.8. The summed E-state index contributed by atoms with van der Waals surface area (Å²) in [4.78, 5) is 28.3.